The molecule has 4 nitrogen and oxygen atoms in total. The van der Waals surface area contributed by atoms with Crippen LogP contribution in [0.5, 0.6) is 0 Å². The quantitative estimate of drug-likeness (QED) is 0.878. The highest BCUT2D eigenvalue weighted by Gasteiger charge is 2.22. The van der Waals surface area contributed by atoms with E-state index in [0.29, 0.717) is 25.2 Å². The predicted octanol–water partition coefficient (Wildman–Crippen LogP) is 1.03. The summed E-state index contributed by atoms with van der Waals surface area (Å²) in [5.41, 5.74) is 0.567. The molecule has 1 aromatic carbocycles. The van der Waals surface area contributed by atoms with E-state index in [1.54, 1.807) is 0 Å². The molecular weight excluding hydrogens is 245 g/mol. The van der Waals surface area contributed by atoms with Crippen molar-refractivity contribution in [2.24, 2.45) is 0 Å². The summed E-state index contributed by atoms with van der Waals surface area (Å²) in [7, 11) is -3.38. The van der Waals surface area contributed by atoms with E-state index in [1.807, 2.05) is 0 Å². The third-order valence-electron chi connectivity index (χ3n) is 2.55. The largest absolute Gasteiger partial charge is 0.380 e. The molecule has 0 bridgehead atoms. The maximum Gasteiger partial charge on any atom is 0.216 e. The molecule has 1 saturated heterocycles. The number of hydrogen-bond acceptors (Lipinski definition) is 3. The zero-order chi connectivity index (χ0) is 12.3. The lowest BCUT2D eigenvalue weighted by atomic mass is 10.2. The average Bonchev–Trinajstić information content (AvgIpc) is 2.73. The molecule has 0 saturated carbocycles. The van der Waals surface area contributed by atoms with Crippen molar-refractivity contribution in [3.05, 3.63) is 35.6 Å². The standard InChI is InChI=1S/C11H14FNO3S/c12-10-3-1-9(2-4-10)8-17(14,15)13-11-5-6-16-7-11/h1-4,11,13H,5-8H2. The molecule has 0 radical (unpaired) electrons. The number of rotatable bonds is 4. The Morgan fingerprint density at radius 1 is 1.35 bits per heavy atom. The molecule has 17 heavy (non-hydrogen) atoms. The number of nitrogens with one attached hydrogen (secondary N) is 1. The minimum absolute atomic E-state index is 0.135. The van der Waals surface area contributed by atoms with Crippen molar-refractivity contribution in [3.8, 4) is 0 Å². The summed E-state index contributed by atoms with van der Waals surface area (Å²) in [6.45, 7) is 1.01. The van der Waals surface area contributed by atoms with Crippen LogP contribution in [0.4, 0.5) is 4.39 Å². The Hall–Kier alpha value is -0.980. The van der Waals surface area contributed by atoms with Gasteiger partial charge in [-0.1, -0.05) is 12.1 Å². The van der Waals surface area contributed by atoms with Crippen LogP contribution in [0.25, 0.3) is 0 Å². The van der Waals surface area contributed by atoms with Crippen molar-refractivity contribution in [1.29, 1.82) is 0 Å². The van der Waals surface area contributed by atoms with Gasteiger partial charge in [0.1, 0.15) is 5.82 Å². The van der Waals surface area contributed by atoms with Crippen LogP contribution in [-0.4, -0.2) is 27.7 Å². The van der Waals surface area contributed by atoms with Gasteiger partial charge in [-0.25, -0.2) is 17.5 Å². The summed E-state index contributed by atoms with van der Waals surface area (Å²) in [5.74, 6) is -0.507. The monoisotopic (exact) mass is 259 g/mol. The lowest BCUT2D eigenvalue weighted by molar-refractivity contribution is 0.192. The number of ether oxygens (including phenoxy) is 1. The van der Waals surface area contributed by atoms with Crippen molar-refractivity contribution < 1.29 is 17.5 Å². The lowest BCUT2D eigenvalue weighted by Crippen LogP contribution is -2.35. The predicted molar refractivity (Wildman–Crippen MR) is 61.4 cm³/mol. The highest BCUT2D eigenvalue weighted by Crippen LogP contribution is 2.10. The van der Waals surface area contributed by atoms with E-state index >= 15 is 0 Å². The average molecular weight is 259 g/mol. The van der Waals surface area contributed by atoms with E-state index in [-0.39, 0.29) is 17.6 Å². The fraction of sp³-hybridized carbons (Fsp3) is 0.455. The van der Waals surface area contributed by atoms with Gasteiger partial charge in [0.25, 0.3) is 0 Å². The highest BCUT2D eigenvalue weighted by molar-refractivity contribution is 7.88. The van der Waals surface area contributed by atoms with Crippen molar-refractivity contribution in [1.82, 2.24) is 4.72 Å². The zero-order valence-corrected chi connectivity index (χ0v) is 10.0. The molecule has 2 rings (SSSR count). The van der Waals surface area contributed by atoms with Gasteiger partial charge in [0.05, 0.1) is 12.4 Å². The second-order valence-electron chi connectivity index (χ2n) is 4.06. The van der Waals surface area contributed by atoms with Crippen molar-refractivity contribution in [2.45, 2.75) is 18.2 Å². The molecule has 1 aliphatic heterocycles. The van der Waals surface area contributed by atoms with E-state index in [4.69, 9.17) is 4.74 Å². The molecule has 94 valence electrons. The number of hydrogen-bond donors (Lipinski definition) is 1. The summed E-state index contributed by atoms with van der Waals surface area (Å²) in [5, 5.41) is 0. The molecule has 1 unspecified atom stereocenters. The van der Waals surface area contributed by atoms with E-state index in [1.165, 1.54) is 24.3 Å². The Morgan fingerprint density at radius 2 is 2.06 bits per heavy atom. The Balaban J connectivity index is 1.98. The van der Waals surface area contributed by atoms with E-state index in [9.17, 15) is 12.8 Å². The Labute approximate surface area is 99.8 Å². The van der Waals surface area contributed by atoms with Crippen LogP contribution < -0.4 is 4.72 Å². The van der Waals surface area contributed by atoms with Crippen molar-refractivity contribution in [3.63, 3.8) is 0 Å². The lowest BCUT2D eigenvalue weighted by Gasteiger charge is -2.11. The normalized spacial score (nSPS) is 20.6. The first-order chi connectivity index (χ1) is 8.05. The summed E-state index contributed by atoms with van der Waals surface area (Å²) < 4.78 is 43.9. The first-order valence-corrected chi connectivity index (χ1v) is 7.02. The van der Waals surface area contributed by atoms with E-state index in [2.05, 4.69) is 4.72 Å². The van der Waals surface area contributed by atoms with Gasteiger partial charge in [-0.15, -0.1) is 0 Å². The molecule has 0 spiro atoms. The number of sulfonamides is 1. The van der Waals surface area contributed by atoms with Crippen LogP contribution >= 0.6 is 0 Å². The minimum Gasteiger partial charge on any atom is -0.380 e. The molecule has 1 atom stereocenters. The molecule has 1 N–H and O–H groups in total. The maximum atomic E-state index is 12.7. The third kappa shape index (κ3) is 3.76. The number of benzene rings is 1. The maximum absolute atomic E-state index is 12.7. The first-order valence-electron chi connectivity index (χ1n) is 5.37. The van der Waals surface area contributed by atoms with Gasteiger partial charge in [-0.2, -0.15) is 0 Å². The van der Waals surface area contributed by atoms with Gasteiger partial charge in [0, 0.05) is 12.6 Å². The van der Waals surface area contributed by atoms with Crippen LogP contribution in [0.1, 0.15) is 12.0 Å². The zero-order valence-electron chi connectivity index (χ0n) is 9.23. The van der Waals surface area contributed by atoms with Gasteiger partial charge >= 0.3 is 0 Å². The Kier molecular flexibility index (Phi) is 3.76. The summed E-state index contributed by atoms with van der Waals surface area (Å²) >= 11 is 0. The van der Waals surface area contributed by atoms with Crippen LogP contribution in [-0.2, 0) is 20.5 Å². The van der Waals surface area contributed by atoms with Crippen LogP contribution in [0, 0.1) is 5.82 Å². The SMILES string of the molecule is O=S(=O)(Cc1ccc(F)cc1)NC1CCOC1. The Bertz CT molecular complexity index is 466. The molecule has 0 aromatic heterocycles. The summed E-state index contributed by atoms with van der Waals surface area (Å²) in [4.78, 5) is 0. The second kappa shape index (κ2) is 5.12. The van der Waals surface area contributed by atoms with Gasteiger partial charge in [-0.3, -0.25) is 0 Å². The molecule has 0 amide bonds. The molecule has 0 aliphatic carbocycles. The topological polar surface area (TPSA) is 55.4 Å². The first kappa shape index (κ1) is 12.5. The fourth-order valence-electron chi connectivity index (χ4n) is 1.72. The third-order valence-corrected chi connectivity index (χ3v) is 3.95. The fourth-order valence-corrected chi connectivity index (χ4v) is 3.13. The van der Waals surface area contributed by atoms with E-state index in [0.717, 1.165) is 0 Å². The second-order valence-corrected chi connectivity index (χ2v) is 5.82. The van der Waals surface area contributed by atoms with Crippen LogP contribution in [0.3, 0.4) is 0 Å². The molecule has 1 aromatic rings. The summed E-state index contributed by atoms with van der Waals surface area (Å²) in [6, 6.07) is 5.31. The molecule has 1 fully saturated rings. The van der Waals surface area contributed by atoms with Gasteiger partial charge in [0.15, 0.2) is 0 Å². The van der Waals surface area contributed by atoms with Crippen LogP contribution in [0.2, 0.25) is 0 Å². The van der Waals surface area contributed by atoms with Gasteiger partial charge < -0.3 is 4.74 Å². The van der Waals surface area contributed by atoms with Crippen molar-refractivity contribution >= 4 is 10.0 Å². The molecule has 1 heterocycles. The van der Waals surface area contributed by atoms with E-state index < -0.39 is 10.0 Å². The smallest absolute Gasteiger partial charge is 0.216 e. The minimum atomic E-state index is -3.38. The Morgan fingerprint density at radius 3 is 2.65 bits per heavy atom. The molecule has 6 heteroatoms. The van der Waals surface area contributed by atoms with Crippen LogP contribution in [0.15, 0.2) is 24.3 Å². The molecule has 1 aliphatic rings. The highest BCUT2D eigenvalue weighted by atomic mass is 32.2. The van der Waals surface area contributed by atoms with Gasteiger partial charge in [0.2, 0.25) is 10.0 Å². The van der Waals surface area contributed by atoms with Crippen molar-refractivity contribution in [2.75, 3.05) is 13.2 Å². The number of halogens is 1. The molecular formula is C11H14FNO3S. The summed E-state index contributed by atoms with van der Waals surface area (Å²) in [6.07, 6.45) is 0.697. The van der Waals surface area contributed by atoms with Gasteiger partial charge in [-0.05, 0) is 24.1 Å².